The maximum Gasteiger partial charge on any atom is 0.241 e. The molecule has 0 bridgehead atoms. The summed E-state index contributed by atoms with van der Waals surface area (Å²) in [5, 5.41) is 6.24. The molecule has 3 nitrogen and oxygen atoms in total. The average molecular weight is 330 g/mol. The first-order valence-electron chi connectivity index (χ1n) is 8.10. The first-order valence-corrected chi connectivity index (χ1v) is 8.10. The normalized spacial score (nSPS) is 16.5. The number of benzene rings is 2. The first kappa shape index (κ1) is 16.6. The third-order valence-corrected chi connectivity index (χ3v) is 4.18. The van der Waals surface area contributed by atoms with Crippen LogP contribution in [0.25, 0.3) is 0 Å². The van der Waals surface area contributed by atoms with E-state index in [0.717, 1.165) is 18.4 Å². The van der Waals surface area contributed by atoms with Gasteiger partial charge < -0.3 is 5.32 Å². The van der Waals surface area contributed by atoms with E-state index in [0.29, 0.717) is 5.56 Å². The summed E-state index contributed by atoms with van der Waals surface area (Å²) in [5.41, 5.74) is 1.58. The Kier molecular flexibility index (Phi) is 4.90. The molecule has 0 spiro atoms. The fraction of sp³-hybridized carbons (Fsp3) is 0.316. The van der Waals surface area contributed by atoms with Gasteiger partial charge in [0, 0.05) is 12.1 Å². The molecule has 2 aromatic carbocycles. The lowest BCUT2D eigenvalue weighted by Gasteiger charge is -2.23. The Labute approximate surface area is 140 Å². The molecule has 0 aliphatic heterocycles. The predicted molar refractivity (Wildman–Crippen MR) is 88.3 cm³/mol. The molecule has 0 saturated heterocycles. The van der Waals surface area contributed by atoms with Gasteiger partial charge >= 0.3 is 0 Å². The van der Waals surface area contributed by atoms with Crippen molar-refractivity contribution in [2.24, 2.45) is 0 Å². The average Bonchev–Trinajstić information content (AvgIpc) is 3.38. The largest absolute Gasteiger partial charge is 0.352 e. The van der Waals surface area contributed by atoms with Gasteiger partial charge in [-0.1, -0.05) is 24.3 Å². The highest BCUT2D eigenvalue weighted by atomic mass is 19.1. The fourth-order valence-corrected chi connectivity index (χ4v) is 2.59. The molecule has 2 aromatic rings. The van der Waals surface area contributed by atoms with E-state index in [1.54, 1.807) is 24.3 Å². The molecule has 24 heavy (non-hydrogen) atoms. The summed E-state index contributed by atoms with van der Waals surface area (Å²) in [6, 6.07) is 11.6. The zero-order chi connectivity index (χ0) is 17.1. The lowest BCUT2D eigenvalue weighted by atomic mass is 10.0. The number of halogens is 2. The maximum atomic E-state index is 13.2. The predicted octanol–water partition coefficient (Wildman–Crippen LogP) is 3.64. The van der Waals surface area contributed by atoms with Crippen LogP contribution in [0, 0.1) is 11.6 Å². The smallest absolute Gasteiger partial charge is 0.241 e. The van der Waals surface area contributed by atoms with Gasteiger partial charge in [-0.25, -0.2) is 8.78 Å². The van der Waals surface area contributed by atoms with Crippen molar-refractivity contribution in [1.29, 1.82) is 0 Å². The molecule has 1 amide bonds. The minimum Gasteiger partial charge on any atom is -0.352 e. The van der Waals surface area contributed by atoms with Gasteiger partial charge in [0.1, 0.15) is 17.7 Å². The Bertz CT molecular complexity index is 696. The van der Waals surface area contributed by atoms with Crippen LogP contribution in [0.2, 0.25) is 0 Å². The Balaban J connectivity index is 1.79. The van der Waals surface area contributed by atoms with Crippen molar-refractivity contribution in [3.05, 3.63) is 71.3 Å². The van der Waals surface area contributed by atoms with Gasteiger partial charge in [0.15, 0.2) is 0 Å². The lowest BCUT2D eigenvalue weighted by molar-refractivity contribution is -0.123. The van der Waals surface area contributed by atoms with Gasteiger partial charge in [-0.3, -0.25) is 10.1 Å². The van der Waals surface area contributed by atoms with E-state index in [9.17, 15) is 13.6 Å². The van der Waals surface area contributed by atoms with Crippen LogP contribution < -0.4 is 10.6 Å². The molecule has 0 aromatic heterocycles. The number of amides is 1. The Morgan fingerprint density at radius 3 is 1.96 bits per heavy atom. The highest BCUT2D eigenvalue weighted by Crippen LogP contribution is 2.24. The van der Waals surface area contributed by atoms with Crippen LogP contribution in [-0.4, -0.2) is 11.9 Å². The molecule has 1 fully saturated rings. The van der Waals surface area contributed by atoms with Gasteiger partial charge in [0.2, 0.25) is 5.91 Å². The highest BCUT2D eigenvalue weighted by molar-refractivity contribution is 5.83. The minimum absolute atomic E-state index is 0.127. The van der Waals surface area contributed by atoms with Crippen molar-refractivity contribution in [2.75, 3.05) is 0 Å². The molecule has 1 saturated carbocycles. The first-order chi connectivity index (χ1) is 11.5. The molecular formula is C19H20F2N2O. The number of nitrogens with one attached hydrogen (secondary N) is 2. The zero-order valence-corrected chi connectivity index (χ0v) is 13.4. The van der Waals surface area contributed by atoms with Crippen LogP contribution >= 0.6 is 0 Å². The standard InChI is InChI=1S/C19H20F2N2O/c1-12(13-2-6-15(20)7-3-13)22-18(19(24)23-17-10-11-17)14-4-8-16(21)9-5-14/h2-9,12,17-18,22H,10-11H2,1H3,(H,23,24)/t12-,18+/m1/s1. The van der Waals surface area contributed by atoms with E-state index in [-0.39, 0.29) is 29.6 Å². The number of carbonyl (C=O) groups is 1. The van der Waals surface area contributed by atoms with E-state index in [1.165, 1.54) is 24.3 Å². The van der Waals surface area contributed by atoms with Gasteiger partial charge in [-0.15, -0.1) is 0 Å². The van der Waals surface area contributed by atoms with E-state index >= 15 is 0 Å². The third kappa shape index (κ3) is 4.17. The van der Waals surface area contributed by atoms with E-state index in [4.69, 9.17) is 0 Å². The van der Waals surface area contributed by atoms with Gasteiger partial charge in [0.25, 0.3) is 0 Å². The Hall–Kier alpha value is -2.27. The van der Waals surface area contributed by atoms with Crippen molar-refractivity contribution in [3.8, 4) is 0 Å². The monoisotopic (exact) mass is 330 g/mol. The second-order valence-corrected chi connectivity index (χ2v) is 6.21. The fourth-order valence-electron chi connectivity index (χ4n) is 2.59. The molecule has 5 heteroatoms. The Morgan fingerprint density at radius 1 is 0.958 bits per heavy atom. The third-order valence-electron chi connectivity index (χ3n) is 4.18. The Morgan fingerprint density at radius 2 is 1.46 bits per heavy atom. The molecule has 126 valence electrons. The van der Waals surface area contributed by atoms with Gasteiger partial charge in [0.05, 0.1) is 0 Å². The lowest BCUT2D eigenvalue weighted by Crippen LogP contribution is -2.39. The molecular weight excluding hydrogens is 310 g/mol. The summed E-state index contributed by atoms with van der Waals surface area (Å²) in [6.45, 7) is 1.91. The van der Waals surface area contributed by atoms with Crippen LogP contribution in [0.3, 0.4) is 0 Å². The molecule has 0 heterocycles. The van der Waals surface area contributed by atoms with E-state index in [1.807, 2.05) is 6.92 Å². The summed E-state index contributed by atoms with van der Waals surface area (Å²) in [4.78, 5) is 12.6. The second-order valence-electron chi connectivity index (χ2n) is 6.21. The van der Waals surface area contributed by atoms with Crippen molar-refractivity contribution in [1.82, 2.24) is 10.6 Å². The summed E-state index contributed by atoms with van der Waals surface area (Å²) in [6.07, 6.45) is 1.99. The maximum absolute atomic E-state index is 13.2. The molecule has 0 unspecified atom stereocenters. The molecule has 0 radical (unpaired) electrons. The molecule has 2 N–H and O–H groups in total. The van der Waals surface area contributed by atoms with Crippen molar-refractivity contribution < 1.29 is 13.6 Å². The quantitative estimate of drug-likeness (QED) is 0.849. The topological polar surface area (TPSA) is 41.1 Å². The zero-order valence-electron chi connectivity index (χ0n) is 13.4. The van der Waals surface area contributed by atoms with Crippen molar-refractivity contribution >= 4 is 5.91 Å². The SMILES string of the molecule is C[C@@H](N[C@H](C(=O)NC1CC1)c1ccc(F)cc1)c1ccc(F)cc1. The van der Waals surface area contributed by atoms with E-state index in [2.05, 4.69) is 10.6 Å². The van der Waals surface area contributed by atoms with Crippen LogP contribution in [-0.2, 0) is 4.79 Å². The number of rotatable bonds is 6. The molecule has 1 aliphatic carbocycles. The van der Waals surface area contributed by atoms with Crippen molar-refractivity contribution in [3.63, 3.8) is 0 Å². The van der Waals surface area contributed by atoms with Crippen LogP contribution in [0.5, 0.6) is 0 Å². The van der Waals surface area contributed by atoms with Crippen LogP contribution in [0.1, 0.15) is 43.0 Å². The summed E-state index contributed by atoms with van der Waals surface area (Å²) < 4.78 is 26.3. The molecule has 2 atom stereocenters. The minimum atomic E-state index is -0.591. The second kappa shape index (κ2) is 7.09. The highest BCUT2D eigenvalue weighted by Gasteiger charge is 2.29. The van der Waals surface area contributed by atoms with Gasteiger partial charge in [-0.2, -0.15) is 0 Å². The number of hydrogen-bond acceptors (Lipinski definition) is 2. The van der Waals surface area contributed by atoms with Crippen LogP contribution in [0.4, 0.5) is 8.78 Å². The van der Waals surface area contributed by atoms with Crippen LogP contribution in [0.15, 0.2) is 48.5 Å². The number of hydrogen-bond donors (Lipinski definition) is 2. The summed E-state index contributed by atoms with van der Waals surface area (Å²) in [7, 11) is 0. The summed E-state index contributed by atoms with van der Waals surface area (Å²) in [5.74, 6) is -0.766. The van der Waals surface area contributed by atoms with Gasteiger partial charge in [-0.05, 0) is 55.2 Å². The molecule has 3 rings (SSSR count). The van der Waals surface area contributed by atoms with Crippen molar-refractivity contribution in [2.45, 2.75) is 37.9 Å². The molecule has 1 aliphatic rings. The van der Waals surface area contributed by atoms with E-state index < -0.39 is 6.04 Å². The number of carbonyl (C=O) groups excluding carboxylic acids is 1. The summed E-state index contributed by atoms with van der Waals surface area (Å²) >= 11 is 0.